The lowest BCUT2D eigenvalue weighted by atomic mass is 10.1. The van der Waals surface area contributed by atoms with E-state index in [1.54, 1.807) is 0 Å². The molecule has 1 aliphatic carbocycles. The number of hydrogen-bond donors (Lipinski definition) is 1. The van der Waals surface area contributed by atoms with Crippen LogP contribution in [-0.2, 0) is 12.8 Å². The van der Waals surface area contributed by atoms with Gasteiger partial charge in [0, 0.05) is 6.42 Å². The van der Waals surface area contributed by atoms with Crippen molar-refractivity contribution in [2.45, 2.75) is 45.6 Å². The van der Waals surface area contributed by atoms with Crippen molar-refractivity contribution in [1.82, 2.24) is 10.1 Å². The summed E-state index contributed by atoms with van der Waals surface area (Å²) in [7, 11) is 0. The van der Waals surface area contributed by atoms with Crippen molar-refractivity contribution in [2.75, 3.05) is 0 Å². The third kappa shape index (κ3) is 3.02. The molecule has 1 unspecified atom stereocenters. The first-order chi connectivity index (χ1) is 7.15. The Balaban J connectivity index is 1.88. The number of aliphatic hydroxyl groups is 1. The molecule has 1 aromatic heterocycles. The summed E-state index contributed by atoms with van der Waals surface area (Å²) >= 11 is 0. The van der Waals surface area contributed by atoms with Crippen LogP contribution in [0, 0.1) is 11.8 Å². The highest BCUT2D eigenvalue weighted by Gasteiger charge is 2.30. The van der Waals surface area contributed by atoms with Gasteiger partial charge in [-0.05, 0) is 24.7 Å². The molecule has 0 radical (unpaired) electrons. The van der Waals surface area contributed by atoms with Crippen molar-refractivity contribution in [1.29, 1.82) is 0 Å². The summed E-state index contributed by atoms with van der Waals surface area (Å²) in [5.41, 5.74) is 0. The maximum Gasteiger partial charge on any atom is 0.229 e. The maximum absolute atomic E-state index is 9.71. The number of nitrogens with zero attached hydrogens (tertiary/aromatic N) is 2. The molecule has 2 rings (SSSR count). The highest BCUT2D eigenvalue weighted by molar-refractivity contribution is 4.92. The van der Waals surface area contributed by atoms with Gasteiger partial charge in [0.05, 0.1) is 12.5 Å². The Labute approximate surface area is 89.7 Å². The standard InChI is InChI=1S/C11H18N2O2/c1-7(2)5-10-12-11(15-13-10)6-9(14)8-3-4-8/h7-9,14H,3-6H2,1-2H3. The maximum atomic E-state index is 9.71. The van der Waals surface area contributed by atoms with Crippen LogP contribution in [0.4, 0.5) is 0 Å². The van der Waals surface area contributed by atoms with Crippen molar-refractivity contribution >= 4 is 0 Å². The van der Waals surface area contributed by atoms with E-state index in [0.717, 1.165) is 25.1 Å². The quantitative estimate of drug-likeness (QED) is 0.801. The van der Waals surface area contributed by atoms with Gasteiger partial charge >= 0.3 is 0 Å². The molecule has 0 amide bonds. The fourth-order valence-corrected chi connectivity index (χ4v) is 1.65. The van der Waals surface area contributed by atoms with Gasteiger partial charge in [0.15, 0.2) is 5.82 Å². The Bertz CT molecular complexity index is 318. The van der Waals surface area contributed by atoms with E-state index in [1.807, 2.05) is 0 Å². The Kier molecular flexibility index (Phi) is 3.05. The third-order valence-electron chi connectivity index (χ3n) is 2.65. The van der Waals surface area contributed by atoms with Gasteiger partial charge in [-0.1, -0.05) is 19.0 Å². The Morgan fingerprint density at radius 1 is 1.40 bits per heavy atom. The summed E-state index contributed by atoms with van der Waals surface area (Å²) in [5.74, 6) is 2.32. The first-order valence-electron chi connectivity index (χ1n) is 5.64. The van der Waals surface area contributed by atoms with E-state index in [-0.39, 0.29) is 6.10 Å². The molecule has 1 N–H and O–H groups in total. The SMILES string of the molecule is CC(C)Cc1noc(CC(O)C2CC2)n1. The van der Waals surface area contributed by atoms with E-state index < -0.39 is 0 Å². The van der Waals surface area contributed by atoms with Crippen molar-refractivity contribution in [3.05, 3.63) is 11.7 Å². The molecule has 0 bridgehead atoms. The summed E-state index contributed by atoms with van der Waals surface area (Å²) in [5, 5.41) is 13.6. The van der Waals surface area contributed by atoms with E-state index in [4.69, 9.17) is 4.52 Å². The van der Waals surface area contributed by atoms with Crippen molar-refractivity contribution in [2.24, 2.45) is 11.8 Å². The molecule has 15 heavy (non-hydrogen) atoms. The van der Waals surface area contributed by atoms with Crippen LogP contribution in [0.5, 0.6) is 0 Å². The summed E-state index contributed by atoms with van der Waals surface area (Å²) in [6.07, 6.45) is 3.32. The van der Waals surface area contributed by atoms with Gasteiger partial charge in [0.25, 0.3) is 0 Å². The van der Waals surface area contributed by atoms with E-state index in [0.29, 0.717) is 24.1 Å². The fraction of sp³-hybridized carbons (Fsp3) is 0.818. The van der Waals surface area contributed by atoms with Gasteiger partial charge in [-0.3, -0.25) is 0 Å². The summed E-state index contributed by atoms with van der Waals surface area (Å²) in [6, 6.07) is 0. The molecular formula is C11H18N2O2. The molecule has 1 saturated carbocycles. The fourth-order valence-electron chi connectivity index (χ4n) is 1.65. The molecule has 1 aromatic rings. The van der Waals surface area contributed by atoms with Gasteiger partial charge < -0.3 is 9.63 Å². The van der Waals surface area contributed by atoms with Crippen LogP contribution in [0.1, 0.15) is 38.4 Å². The summed E-state index contributed by atoms with van der Waals surface area (Å²) < 4.78 is 5.09. The summed E-state index contributed by atoms with van der Waals surface area (Å²) in [4.78, 5) is 4.26. The number of hydrogen-bond acceptors (Lipinski definition) is 4. The van der Waals surface area contributed by atoms with E-state index in [9.17, 15) is 5.11 Å². The minimum atomic E-state index is -0.294. The van der Waals surface area contributed by atoms with Crippen molar-refractivity contribution < 1.29 is 9.63 Å². The number of aromatic nitrogens is 2. The first-order valence-corrected chi connectivity index (χ1v) is 5.64. The monoisotopic (exact) mass is 210 g/mol. The molecule has 84 valence electrons. The molecule has 1 atom stereocenters. The molecular weight excluding hydrogens is 192 g/mol. The molecule has 0 aliphatic heterocycles. The van der Waals surface area contributed by atoms with Crippen LogP contribution in [0.3, 0.4) is 0 Å². The Hall–Kier alpha value is -0.900. The zero-order valence-corrected chi connectivity index (χ0v) is 9.31. The topological polar surface area (TPSA) is 59.2 Å². The second kappa shape index (κ2) is 4.31. The Morgan fingerprint density at radius 3 is 2.73 bits per heavy atom. The van der Waals surface area contributed by atoms with Crippen molar-refractivity contribution in [3.63, 3.8) is 0 Å². The van der Waals surface area contributed by atoms with Crippen LogP contribution in [0.15, 0.2) is 4.52 Å². The molecule has 0 spiro atoms. The lowest BCUT2D eigenvalue weighted by molar-refractivity contribution is 0.140. The van der Waals surface area contributed by atoms with E-state index in [2.05, 4.69) is 24.0 Å². The largest absolute Gasteiger partial charge is 0.392 e. The van der Waals surface area contributed by atoms with Gasteiger partial charge in [0.1, 0.15) is 0 Å². The highest BCUT2D eigenvalue weighted by atomic mass is 16.5. The molecule has 1 heterocycles. The molecule has 1 fully saturated rings. The minimum absolute atomic E-state index is 0.294. The zero-order valence-electron chi connectivity index (χ0n) is 9.31. The minimum Gasteiger partial charge on any atom is -0.392 e. The normalized spacial score (nSPS) is 18.4. The number of rotatable bonds is 5. The van der Waals surface area contributed by atoms with E-state index >= 15 is 0 Å². The second-order valence-corrected chi connectivity index (χ2v) is 4.81. The van der Waals surface area contributed by atoms with Crippen molar-refractivity contribution in [3.8, 4) is 0 Å². The third-order valence-corrected chi connectivity index (χ3v) is 2.65. The van der Waals surface area contributed by atoms with Crippen LogP contribution in [0.2, 0.25) is 0 Å². The zero-order chi connectivity index (χ0) is 10.8. The van der Waals surface area contributed by atoms with Crippen LogP contribution in [-0.4, -0.2) is 21.4 Å². The van der Waals surface area contributed by atoms with Crippen LogP contribution >= 0.6 is 0 Å². The first kappa shape index (κ1) is 10.6. The van der Waals surface area contributed by atoms with E-state index in [1.165, 1.54) is 0 Å². The average molecular weight is 210 g/mol. The average Bonchev–Trinajstić information content (AvgIpc) is 2.90. The van der Waals surface area contributed by atoms with Gasteiger partial charge in [-0.2, -0.15) is 4.98 Å². The second-order valence-electron chi connectivity index (χ2n) is 4.81. The predicted molar refractivity (Wildman–Crippen MR) is 55.3 cm³/mol. The molecule has 0 aromatic carbocycles. The summed E-state index contributed by atoms with van der Waals surface area (Å²) in [6.45, 7) is 4.24. The smallest absolute Gasteiger partial charge is 0.229 e. The van der Waals surface area contributed by atoms with Crippen LogP contribution in [0.25, 0.3) is 0 Å². The lowest BCUT2D eigenvalue weighted by Gasteiger charge is -2.03. The Morgan fingerprint density at radius 2 is 2.13 bits per heavy atom. The van der Waals surface area contributed by atoms with Gasteiger partial charge in [-0.25, -0.2) is 0 Å². The molecule has 4 heteroatoms. The predicted octanol–water partition coefficient (Wildman–Crippen LogP) is 1.58. The highest BCUT2D eigenvalue weighted by Crippen LogP contribution is 2.33. The lowest BCUT2D eigenvalue weighted by Crippen LogP contribution is -2.12. The molecule has 0 saturated heterocycles. The van der Waals surface area contributed by atoms with Gasteiger partial charge in [-0.15, -0.1) is 0 Å². The van der Waals surface area contributed by atoms with Gasteiger partial charge in [0.2, 0.25) is 5.89 Å². The molecule has 4 nitrogen and oxygen atoms in total. The number of aliphatic hydroxyl groups excluding tert-OH is 1. The molecule has 1 aliphatic rings. The van der Waals surface area contributed by atoms with Crippen LogP contribution < -0.4 is 0 Å².